The van der Waals surface area contributed by atoms with Gasteiger partial charge in [-0.2, -0.15) is 12.6 Å². The van der Waals surface area contributed by atoms with Crippen LogP contribution >= 0.6 is 12.6 Å². The Morgan fingerprint density at radius 1 is 1.44 bits per heavy atom. The second-order valence-corrected chi connectivity index (χ2v) is 5.23. The highest BCUT2D eigenvalue weighted by Crippen LogP contribution is 2.19. The minimum absolute atomic E-state index is 0.169. The monoisotopic (exact) mass is 263 g/mol. The number of carbonyl (C=O) groups excluding carboxylic acids is 1. The molecular formula is C12H13N3O2S. The average Bonchev–Trinajstić information content (AvgIpc) is 2.93. The average molecular weight is 263 g/mol. The van der Waals surface area contributed by atoms with Crippen LogP contribution in [0.5, 0.6) is 0 Å². The fourth-order valence-electron chi connectivity index (χ4n) is 2.29. The van der Waals surface area contributed by atoms with E-state index in [-0.39, 0.29) is 11.2 Å². The highest BCUT2D eigenvalue weighted by molar-refractivity contribution is 7.81. The Morgan fingerprint density at radius 3 is 3.11 bits per heavy atom. The maximum atomic E-state index is 11.7. The van der Waals surface area contributed by atoms with Crippen LogP contribution in [0.4, 0.5) is 0 Å². The molecule has 2 heterocycles. The fraction of sp³-hybridized carbons (Fsp3) is 0.417. The van der Waals surface area contributed by atoms with E-state index < -0.39 is 0 Å². The molecule has 0 N–H and O–H groups in total. The number of thiol groups is 1. The number of hydrogen-bond acceptors (Lipinski definition) is 5. The summed E-state index contributed by atoms with van der Waals surface area (Å²) < 4.78 is 4.72. The van der Waals surface area contributed by atoms with Crippen LogP contribution in [-0.4, -0.2) is 39.5 Å². The molecule has 5 nitrogen and oxygen atoms in total. The molecule has 94 valence electrons. The lowest BCUT2D eigenvalue weighted by atomic mass is 10.1. The zero-order valence-electron chi connectivity index (χ0n) is 9.74. The maximum absolute atomic E-state index is 11.7. The number of aromatic nitrogens is 2. The van der Waals surface area contributed by atoms with Crippen molar-refractivity contribution in [3.05, 3.63) is 23.8 Å². The van der Waals surface area contributed by atoms with Crippen molar-refractivity contribution in [1.82, 2.24) is 15.2 Å². The van der Waals surface area contributed by atoms with Gasteiger partial charge in [-0.1, -0.05) is 12.1 Å². The highest BCUT2D eigenvalue weighted by Gasteiger charge is 2.26. The molecule has 6 heteroatoms. The molecule has 2 aromatic rings. The van der Waals surface area contributed by atoms with E-state index in [2.05, 4.69) is 22.9 Å². The summed E-state index contributed by atoms with van der Waals surface area (Å²) in [5.74, 6) is 0.181. The molecule has 1 saturated heterocycles. The lowest BCUT2D eigenvalue weighted by molar-refractivity contribution is -0.127. The predicted molar refractivity (Wildman–Crippen MR) is 69.5 cm³/mol. The summed E-state index contributed by atoms with van der Waals surface area (Å²) in [4.78, 5) is 13.5. The van der Waals surface area contributed by atoms with Gasteiger partial charge in [0.05, 0.1) is 0 Å². The molecule has 0 aliphatic carbocycles. The van der Waals surface area contributed by atoms with Crippen molar-refractivity contribution in [2.45, 2.75) is 18.1 Å². The quantitative estimate of drug-likeness (QED) is 0.848. The lowest BCUT2D eigenvalue weighted by Gasteiger charge is -2.15. The lowest BCUT2D eigenvalue weighted by Crippen LogP contribution is -2.27. The van der Waals surface area contributed by atoms with Crippen LogP contribution in [0.3, 0.4) is 0 Å². The largest absolute Gasteiger partial charge is 0.341 e. The van der Waals surface area contributed by atoms with Crippen molar-refractivity contribution >= 4 is 29.6 Å². The molecular weight excluding hydrogens is 250 g/mol. The third-order valence-electron chi connectivity index (χ3n) is 3.21. The molecule has 0 radical (unpaired) electrons. The highest BCUT2D eigenvalue weighted by atomic mass is 32.1. The standard InChI is InChI=1S/C12H13N3O2S/c16-11-6-9(18)7-15(11)5-4-8-2-1-3-10-12(8)14-17-13-10/h1-3,9,18H,4-7H2. The van der Waals surface area contributed by atoms with Crippen LogP contribution in [0.25, 0.3) is 11.0 Å². The van der Waals surface area contributed by atoms with Gasteiger partial charge in [0.15, 0.2) is 0 Å². The first kappa shape index (κ1) is 11.5. The Balaban J connectivity index is 1.73. The van der Waals surface area contributed by atoms with Gasteiger partial charge < -0.3 is 4.90 Å². The van der Waals surface area contributed by atoms with Crippen LogP contribution in [0, 0.1) is 0 Å². The van der Waals surface area contributed by atoms with E-state index in [9.17, 15) is 4.79 Å². The molecule has 18 heavy (non-hydrogen) atoms. The number of nitrogens with zero attached hydrogens (tertiary/aromatic N) is 3. The molecule has 1 aromatic heterocycles. The summed E-state index contributed by atoms with van der Waals surface area (Å²) in [7, 11) is 0. The Morgan fingerprint density at radius 2 is 2.33 bits per heavy atom. The Kier molecular flexibility index (Phi) is 2.95. The Bertz CT molecular complexity index is 583. The maximum Gasteiger partial charge on any atom is 0.223 e. The van der Waals surface area contributed by atoms with Crippen LogP contribution in [0.15, 0.2) is 22.8 Å². The number of carbonyl (C=O) groups is 1. The van der Waals surface area contributed by atoms with Crippen molar-refractivity contribution < 1.29 is 9.42 Å². The van der Waals surface area contributed by atoms with Gasteiger partial charge in [-0.15, -0.1) is 0 Å². The van der Waals surface area contributed by atoms with E-state index in [1.807, 2.05) is 23.1 Å². The van der Waals surface area contributed by atoms with Crippen LogP contribution in [0.1, 0.15) is 12.0 Å². The van der Waals surface area contributed by atoms with Gasteiger partial charge in [0.1, 0.15) is 11.0 Å². The SMILES string of the molecule is O=C1CC(S)CN1CCc1cccc2nonc12. The summed E-state index contributed by atoms with van der Waals surface area (Å²) in [5.41, 5.74) is 2.60. The summed E-state index contributed by atoms with van der Waals surface area (Å²) in [6, 6.07) is 5.78. The minimum atomic E-state index is 0.169. The third-order valence-corrected chi connectivity index (χ3v) is 3.56. The Labute approximate surface area is 110 Å². The number of benzene rings is 1. The van der Waals surface area contributed by atoms with Crippen molar-refractivity contribution in [2.75, 3.05) is 13.1 Å². The van der Waals surface area contributed by atoms with Gasteiger partial charge in [0.2, 0.25) is 5.91 Å². The molecule has 3 rings (SSSR count). The number of fused-ring (bicyclic) bond motifs is 1. The van der Waals surface area contributed by atoms with Crippen LogP contribution < -0.4 is 0 Å². The van der Waals surface area contributed by atoms with Crippen molar-refractivity contribution in [1.29, 1.82) is 0 Å². The van der Waals surface area contributed by atoms with Gasteiger partial charge in [-0.05, 0) is 28.4 Å². The summed E-state index contributed by atoms with van der Waals surface area (Å²) >= 11 is 4.34. The first-order valence-corrected chi connectivity index (χ1v) is 6.41. The number of rotatable bonds is 3. The van der Waals surface area contributed by atoms with Crippen molar-refractivity contribution in [2.24, 2.45) is 0 Å². The van der Waals surface area contributed by atoms with Gasteiger partial charge >= 0.3 is 0 Å². The molecule has 1 atom stereocenters. The normalized spacial score (nSPS) is 19.9. The van der Waals surface area contributed by atoms with Gasteiger partial charge in [-0.3, -0.25) is 4.79 Å². The van der Waals surface area contributed by atoms with Crippen LogP contribution in [0.2, 0.25) is 0 Å². The van der Waals surface area contributed by atoms with Crippen LogP contribution in [-0.2, 0) is 11.2 Å². The van der Waals surface area contributed by atoms with E-state index >= 15 is 0 Å². The topological polar surface area (TPSA) is 59.2 Å². The molecule has 1 unspecified atom stereocenters. The molecule has 0 spiro atoms. The zero-order valence-corrected chi connectivity index (χ0v) is 10.6. The molecule has 1 aliphatic heterocycles. The van der Waals surface area contributed by atoms with Crippen molar-refractivity contribution in [3.8, 4) is 0 Å². The smallest absolute Gasteiger partial charge is 0.223 e. The van der Waals surface area contributed by atoms with E-state index in [4.69, 9.17) is 4.63 Å². The number of hydrogen-bond donors (Lipinski definition) is 1. The number of amides is 1. The summed E-state index contributed by atoms with van der Waals surface area (Å²) in [6.07, 6.45) is 1.30. The molecule has 1 aliphatic rings. The van der Waals surface area contributed by atoms with E-state index in [0.717, 1.165) is 29.6 Å². The number of likely N-dealkylation sites (tertiary alicyclic amines) is 1. The fourth-order valence-corrected chi connectivity index (χ4v) is 2.64. The second kappa shape index (κ2) is 4.61. The molecule has 0 bridgehead atoms. The molecule has 1 amide bonds. The minimum Gasteiger partial charge on any atom is -0.341 e. The van der Waals surface area contributed by atoms with Gasteiger partial charge in [0.25, 0.3) is 0 Å². The summed E-state index contributed by atoms with van der Waals surface area (Å²) in [5, 5.41) is 7.87. The second-order valence-electron chi connectivity index (χ2n) is 4.50. The van der Waals surface area contributed by atoms with Crippen molar-refractivity contribution in [3.63, 3.8) is 0 Å². The van der Waals surface area contributed by atoms with E-state index in [1.165, 1.54) is 0 Å². The van der Waals surface area contributed by atoms with Gasteiger partial charge in [-0.25, -0.2) is 4.63 Å². The Hall–Kier alpha value is -1.56. The first-order chi connectivity index (χ1) is 8.74. The molecule has 0 saturated carbocycles. The molecule has 1 aromatic carbocycles. The first-order valence-electron chi connectivity index (χ1n) is 5.90. The third kappa shape index (κ3) is 2.08. The predicted octanol–water partition coefficient (Wildman–Crippen LogP) is 1.30. The van der Waals surface area contributed by atoms with Gasteiger partial charge in [0, 0.05) is 24.8 Å². The zero-order chi connectivity index (χ0) is 12.5. The van der Waals surface area contributed by atoms with E-state index in [0.29, 0.717) is 13.0 Å². The molecule has 1 fully saturated rings. The summed E-state index contributed by atoms with van der Waals surface area (Å²) in [6.45, 7) is 1.43. The van der Waals surface area contributed by atoms with E-state index in [1.54, 1.807) is 0 Å².